The maximum Gasteiger partial charge on any atom is 0.277 e. The first-order valence-corrected chi connectivity index (χ1v) is 10.8. The van der Waals surface area contributed by atoms with Gasteiger partial charge in [0.05, 0.1) is 24.5 Å². The van der Waals surface area contributed by atoms with E-state index in [9.17, 15) is 9.18 Å². The van der Waals surface area contributed by atoms with E-state index in [1.54, 1.807) is 25.3 Å². The largest absolute Gasteiger partial charge is 0.497 e. The van der Waals surface area contributed by atoms with Gasteiger partial charge in [0.2, 0.25) is 5.91 Å². The standard InChI is InChI=1S/C24H20FN3O3S/c1-30-18-13-11-17(12-14-18)22(16-7-3-2-4-8-16)26-21(29)15-32-24-28-27-23(31-24)19-9-5-6-10-20(19)25/h2-14,22H,15H2,1H3,(H,26,29). The van der Waals surface area contributed by atoms with Crippen LogP contribution in [0.25, 0.3) is 11.5 Å². The van der Waals surface area contributed by atoms with Crippen molar-refractivity contribution in [1.82, 2.24) is 15.5 Å². The van der Waals surface area contributed by atoms with Crippen molar-refractivity contribution in [3.63, 3.8) is 0 Å². The predicted octanol–water partition coefficient (Wildman–Crippen LogP) is 4.88. The van der Waals surface area contributed by atoms with E-state index >= 15 is 0 Å². The highest BCUT2D eigenvalue weighted by Gasteiger charge is 2.19. The molecule has 162 valence electrons. The van der Waals surface area contributed by atoms with Crippen LogP contribution in [0.2, 0.25) is 0 Å². The maximum absolute atomic E-state index is 13.9. The molecule has 1 aromatic heterocycles. The number of hydrogen-bond acceptors (Lipinski definition) is 6. The van der Waals surface area contributed by atoms with Gasteiger partial charge in [-0.2, -0.15) is 0 Å². The number of methoxy groups -OCH3 is 1. The lowest BCUT2D eigenvalue weighted by Gasteiger charge is -2.20. The summed E-state index contributed by atoms with van der Waals surface area (Å²) >= 11 is 1.09. The molecular formula is C24H20FN3O3S. The molecule has 32 heavy (non-hydrogen) atoms. The van der Waals surface area contributed by atoms with Crippen LogP contribution in [0, 0.1) is 5.82 Å². The van der Waals surface area contributed by atoms with Crippen molar-refractivity contribution in [3.05, 3.63) is 95.8 Å². The molecule has 1 atom stereocenters. The molecule has 6 nitrogen and oxygen atoms in total. The average molecular weight is 450 g/mol. The molecule has 3 aromatic carbocycles. The smallest absolute Gasteiger partial charge is 0.277 e. The molecule has 1 heterocycles. The summed E-state index contributed by atoms with van der Waals surface area (Å²) in [5.41, 5.74) is 2.10. The molecule has 0 aliphatic rings. The van der Waals surface area contributed by atoms with Crippen molar-refractivity contribution in [3.8, 4) is 17.2 Å². The third-order valence-electron chi connectivity index (χ3n) is 4.72. The average Bonchev–Trinajstić information content (AvgIpc) is 3.31. The normalized spacial score (nSPS) is 11.7. The van der Waals surface area contributed by atoms with E-state index in [1.807, 2.05) is 54.6 Å². The van der Waals surface area contributed by atoms with Crippen molar-refractivity contribution in [2.75, 3.05) is 12.9 Å². The Morgan fingerprint density at radius 1 is 1.00 bits per heavy atom. The number of benzene rings is 3. The van der Waals surface area contributed by atoms with Gasteiger partial charge < -0.3 is 14.5 Å². The van der Waals surface area contributed by atoms with E-state index in [-0.39, 0.29) is 34.4 Å². The number of nitrogens with one attached hydrogen (secondary N) is 1. The van der Waals surface area contributed by atoms with Crippen LogP contribution < -0.4 is 10.1 Å². The van der Waals surface area contributed by atoms with Gasteiger partial charge >= 0.3 is 0 Å². The lowest BCUT2D eigenvalue weighted by Crippen LogP contribution is -2.30. The lowest BCUT2D eigenvalue weighted by molar-refractivity contribution is -0.119. The molecule has 1 N–H and O–H groups in total. The minimum atomic E-state index is -0.448. The van der Waals surface area contributed by atoms with Gasteiger partial charge in [0.1, 0.15) is 11.6 Å². The Hall–Kier alpha value is -3.65. The molecule has 0 saturated heterocycles. The van der Waals surface area contributed by atoms with Crippen molar-refractivity contribution < 1.29 is 18.3 Å². The molecule has 0 aliphatic heterocycles. The summed E-state index contributed by atoms with van der Waals surface area (Å²) in [6.45, 7) is 0. The Balaban J connectivity index is 1.44. The summed E-state index contributed by atoms with van der Waals surface area (Å²) in [5, 5.41) is 11.0. The number of rotatable bonds is 8. The predicted molar refractivity (Wildman–Crippen MR) is 120 cm³/mol. The molecule has 0 bridgehead atoms. The minimum absolute atomic E-state index is 0.0679. The van der Waals surface area contributed by atoms with Crippen LogP contribution in [0.15, 0.2) is 88.5 Å². The third-order valence-corrected chi connectivity index (χ3v) is 5.54. The highest BCUT2D eigenvalue weighted by atomic mass is 32.2. The fourth-order valence-corrected chi connectivity index (χ4v) is 3.72. The number of amides is 1. The number of hydrogen-bond donors (Lipinski definition) is 1. The first kappa shape index (κ1) is 21.6. The van der Waals surface area contributed by atoms with Crippen molar-refractivity contribution >= 4 is 17.7 Å². The Kier molecular flexibility index (Phi) is 6.81. The number of carbonyl (C=O) groups excluding carboxylic acids is 1. The van der Waals surface area contributed by atoms with Crippen molar-refractivity contribution in [1.29, 1.82) is 0 Å². The van der Waals surface area contributed by atoms with Gasteiger partial charge in [0, 0.05) is 0 Å². The van der Waals surface area contributed by atoms with Gasteiger partial charge in [-0.25, -0.2) is 4.39 Å². The molecule has 0 spiro atoms. The fraction of sp³-hybridized carbons (Fsp3) is 0.125. The Morgan fingerprint density at radius 3 is 2.41 bits per heavy atom. The Morgan fingerprint density at radius 2 is 1.69 bits per heavy atom. The second-order valence-electron chi connectivity index (χ2n) is 6.83. The van der Waals surface area contributed by atoms with Crippen LogP contribution in [-0.4, -0.2) is 29.0 Å². The van der Waals surface area contributed by atoms with Gasteiger partial charge in [-0.1, -0.05) is 66.4 Å². The number of nitrogens with zero attached hydrogens (tertiary/aromatic N) is 2. The van der Waals surface area contributed by atoms with Crippen LogP contribution in [0.5, 0.6) is 5.75 Å². The molecule has 1 amide bonds. The highest BCUT2D eigenvalue weighted by molar-refractivity contribution is 7.99. The van der Waals surface area contributed by atoms with Gasteiger partial charge in [-0.3, -0.25) is 4.79 Å². The van der Waals surface area contributed by atoms with Gasteiger partial charge in [-0.05, 0) is 35.4 Å². The highest BCUT2D eigenvalue weighted by Crippen LogP contribution is 2.27. The summed E-state index contributed by atoms with van der Waals surface area (Å²) in [4.78, 5) is 12.7. The number of carbonyl (C=O) groups is 1. The SMILES string of the molecule is COc1ccc(C(NC(=O)CSc2nnc(-c3ccccc3F)o2)c2ccccc2)cc1. The summed E-state index contributed by atoms with van der Waals surface area (Å²) in [6, 6.07) is 23.1. The summed E-state index contributed by atoms with van der Waals surface area (Å²) in [6.07, 6.45) is 0. The van der Waals surface area contributed by atoms with Crippen LogP contribution >= 0.6 is 11.8 Å². The van der Waals surface area contributed by atoms with Gasteiger partial charge in [-0.15, -0.1) is 10.2 Å². The van der Waals surface area contributed by atoms with E-state index < -0.39 is 5.82 Å². The minimum Gasteiger partial charge on any atom is -0.497 e. The second-order valence-corrected chi connectivity index (χ2v) is 7.75. The van der Waals surface area contributed by atoms with Crippen LogP contribution in [0.3, 0.4) is 0 Å². The van der Waals surface area contributed by atoms with E-state index in [2.05, 4.69) is 15.5 Å². The first-order chi connectivity index (χ1) is 15.6. The van der Waals surface area contributed by atoms with Crippen LogP contribution in [-0.2, 0) is 4.79 Å². The maximum atomic E-state index is 13.9. The summed E-state index contributed by atoms with van der Waals surface area (Å²) in [7, 11) is 1.61. The molecule has 0 saturated carbocycles. The zero-order valence-corrected chi connectivity index (χ0v) is 18.0. The molecule has 1 unspecified atom stereocenters. The summed E-state index contributed by atoms with van der Waals surface area (Å²) < 4.78 is 24.6. The number of aromatic nitrogens is 2. The lowest BCUT2D eigenvalue weighted by atomic mass is 9.98. The molecule has 4 rings (SSSR count). The first-order valence-electron chi connectivity index (χ1n) is 9.83. The van der Waals surface area contributed by atoms with Gasteiger partial charge in [0.15, 0.2) is 0 Å². The van der Waals surface area contributed by atoms with Crippen LogP contribution in [0.4, 0.5) is 4.39 Å². The monoisotopic (exact) mass is 449 g/mol. The topological polar surface area (TPSA) is 77.2 Å². The summed E-state index contributed by atoms with van der Waals surface area (Å²) in [5.74, 6) is 0.232. The van der Waals surface area contributed by atoms with E-state index in [1.165, 1.54) is 6.07 Å². The van der Waals surface area contributed by atoms with E-state index in [4.69, 9.17) is 9.15 Å². The third kappa shape index (κ3) is 5.15. The van der Waals surface area contributed by atoms with E-state index in [0.717, 1.165) is 28.6 Å². The molecular weight excluding hydrogens is 429 g/mol. The quantitative estimate of drug-likeness (QED) is 0.386. The molecule has 8 heteroatoms. The molecule has 4 aromatic rings. The molecule has 0 aliphatic carbocycles. The molecule has 0 radical (unpaired) electrons. The zero-order chi connectivity index (χ0) is 22.3. The number of ether oxygens (including phenoxy) is 1. The second kappa shape index (κ2) is 10.1. The van der Waals surface area contributed by atoms with Gasteiger partial charge in [0.25, 0.3) is 11.1 Å². The number of halogens is 1. The van der Waals surface area contributed by atoms with Crippen molar-refractivity contribution in [2.24, 2.45) is 0 Å². The fourth-order valence-electron chi connectivity index (χ4n) is 3.14. The Bertz CT molecular complexity index is 1180. The van der Waals surface area contributed by atoms with E-state index in [0.29, 0.717) is 0 Å². The number of thioether (sulfide) groups is 1. The zero-order valence-electron chi connectivity index (χ0n) is 17.2. The molecule has 0 fully saturated rings. The Labute approximate surface area is 188 Å². The van der Waals surface area contributed by atoms with Crippen molar-refractivity contribution in [2.45, 2.75) is 11.3 Å². The van der Waals surface area contributed by atoms with Crippen LogP contribution in [0.1, 0.15) is 17.2 Å².